The van der Waals surface area contributed by atoms with E-state index in [2.05, 4.69) is 17.1 Å². The number of likely N-dealkylation sites (tertiary alicyclic amines) is 1. The number of hydrogen-bond acceptors (Lipinski definition) is 6. The van der Waals surface area contributed by atoms with Gasteiger partial charge in [0.2, 0.25) is 0 Å². The van der Waals surface area contributed by atoms with Crippen LogP contribution in [0, 0.1) is 16.0 Å². The maximum atomic E-state index is 11.5. The van der Waals surface area contributed by atoms with Crippen LogP contribution in [0.3, 0.4) is 0 Å². The number of piperidine rings is 1. The van der Waals surface area contributed by atoms with Crippen LogP contribution in [0.2, 0.25) is 0 Å². The molecule has 0 bridgehead atoms. The van der Waals surface area contributed by atoms with Gasteiger partial charge in [-0.3, -0.25) is 10.1 Å². The van der Waals surface area contributed by atoms with Gasteiger partial charge >= 0.3 is 0 Å². The first-order chi connectivity index (χ1) is 11.3. The summed E-state index contributed by atoms with van der Waals surface area (Å²) in [5, 5.41) is 14.2. The Labute approximate surface area is 143 Å². The minimum absolute atomic E-state index is 0.0396. The van der Waals surface area contributed by atoms with Crippen molar-refractivity contribution in [1.29, 1.82) is 0 Å². The molecular weight excluding hydrogens is 330 g/mol. The monoisotopic (exact) mass is 355 g/mol. The van der Waals surface area contributed by atoms with Crippen molar-refractivity contribution < 1.29 is 13.3 Å². The van der Waals surface area contributed by atoms with E-state index in [0.29, 0.717) is 12.2 Å². The summed E-state index contributed by atoms with van der Waals surface area (Å²) in [5.74, 6) is 0.801. The van der Waals surface area contributed by atoms with Crippen LogP contribution in [-0.2, 0) is 9.84 Å². The molecule has 1 aromatic carbocycles. The molecule has 0 aromatic heterocycles. The molecule has 1 aliphatic heterocycles. The summed E-state index contributed by atoms with van der Waals surface area (Å²) in [6.45, 7) is 6.09. The van der Waals surface area contributed by atoms with Gasteiger partial charge in [-0.2, -0.15) is 0 Å². The Bertz CT molecular complexity index is 683. The molecule has 7 nitrogen and oxygen atoms in total. The van der Waals surface area contributed by atoms with Gasteiger partial charge in [0, 0.05) is 18.9 Å². The highest BCUT2D eigenvalue weighted by molar-refractivity contribution is 7.90. The molecule has 2 rings (SSSR count). The van der Waals surface area contributed by atoms with E-state index in [9.17, 15) is 18.5 Å². The van der Waals surface area contributed by atoms with Crippen molar-refractivity contribution in [1.82, 2.24) is 4.90 Å². The van der Waals surface area contributed by atoms with Gasteiger partial charge in [0.05, 0.1) is 9.82 Å². The zero-order chi connectivity index (χ0) is 17.7. The standard InChI is InChI=1S/C16H25N3O4S/c1-13-6-10-18(11-7-13)9-3-8-17-15-5-4-14(24(2,22)23)12-16(15)19(20)21/h4-5,12-13,17H,3,6-11H2,1-2H3. The average Bonchev–Trinajstić information content (AvgIpc) is 2.52. The number of rotatable bonds is 7. The van der Waals surface area contributed by atoms with Crippen molar-refractivity contribution in [2.24, 2.45) is 5.92 Å². The Morgan fingerprint density at radius 1 is 1.33 bits per heavy atom. The lowest BCUT2D eigenvalue weighted by atomic mass is 9.99. The Morgan fingerprint density at radius 3 is 2.58 bits per heavy atom. The predicted octanol–water partition coefficient (Wildman–Crippen LogP) is 2.53. The van der Waals surface area contributed by atoms with E-state index in [0.717, 1.165) is 44.3 Å². The fourth-order valence-electron chi connectivity index (χ4n) is 2.85. The topological polar surface area (TPSA) is 92.6 Å². The number of nitrogens with zero attached hydrogens (tertiary/aromatic N) is 2. The molecule has 0 spiro atoms. The second-order valence-electron chi connectivity index (χ2n) is 6.51. The van der Waals surface area contributed by atoms with Gasteiger partial charge in [-0.25, -0.2) is 8.42 Å². The maximum Gasteiger partial charge on any atom is 0.293 e. The average molecular weight is 355 g/mol. The van der Waals surface area contributed by atoms with E-state index < -0.39 is 14.8 Å². The van der Waals surface area contributed by atoms with E-state index in [1.165, 1.54) is 25.0 Å². The Balaban J connectivity index is 1.91. The fourth-order valence-corrected chi connectivity index (χ4v) is 3.49. The summed E-state index contributed by atoms with van der Waals surface area (Å²) < 4.78 is 23.1. The van der Waals surface area contributed by atoms with Crippen molar-refractivity contribution in [2.45, 2.75) is 31.1 Å². The van der Waals surface area contributed by atoms with Crippen LogP contribution in [0.25, 0.3) is 0 Å². The minimum atomic E-state index is -3.46. The van der Waals surface area contributed by atoms with Gasteiger partial charge in [0.25, 0.3) is 5.69 Å². The Morgan fingerprint density at radius 2 is 2.00 bits per heavy atom. The second kappa shape index (κ2) is 7.94. The first kappa shape index (κ1) is 18.7. The lowest BCUT2D eigenvalue weighted by molar-refractivity contribution is -0.384. The van der Waals surface area contributed by atoms with Crippen LogP contribution < -0.4 is 5.32 Å². The SMILES string of the molecule is CC1CCN(CCCNc2ccc(S(C)(=O)=O)cc2[N+](=O)[O-])CC1. The first-order valence-corrected chi connectivity index (χ1v) is 10.1. The number of anilines is 1. The zero-order valence-corrected chi connectivity index (χ0v) is 15.0. The van der Waals surface area contributed by atoms with Gasteiger partial charge in [0.15, 0.2) is 9.84 Å². The minimum Gasteiger partial charge on any atom is -0.379 e. The van der Waals surface area contributed by atoms with Crippen molar-refractivity contribution in [3.05, 3.63) is 28.3 Å². The first-order valence-electron chi connectivity index (χ1n) is 8.22. The molecule has 8 heteroatoms. The highest BCUT2D eigenvalue weighted by Crippen LogP contribution is 2.27. The maximum absolute atomic E-state index is 11.5. The number of benzene rings is 1. The molecule has 0 atom stereocenters. The molecule has 0 aliphatic carbocycles. The molecular formula is C16H25N3O4S. The molecule has 1 fully saturated rings. The summed E-state index contributed by atoms with van der Waals surface area (Å²) >= 11 is 0. The number of nitrogens with one attached hydrogen (secondary N) is 1. The van der Waals surface area contributed by atoms with E-state index in [-0.39, 0.29) is 10.6 Å². The number of nitro groups is 1. The summed E-state index contributed by atoms with van der Waals surface area (Å²) in [7, 11) is -3.46. The summed E-state index contributed by atoms with van der Waals surface area (Å²) in [6.07, 6.45) is 4.38. The number of nitro benzene ring substituents is 1. The van der Waals surface area contributed by atoms with Crippen molar-refractivity contribution in [3.8, 4) is 0 Å². The smallest absolute Gasteiger partial charge is 0.293 e. The second-order valence-corrected chi connectivity index (χ2v) is 8.53. The molecule has 1 aliphatic rings. The molecule has 24 heavy (non-hydrogen) atoms. The van der Waals surface area contributed by atoms with Crippen molar-refractivity contribution in [3.63, 3.8) is 0 Å². The molecule has 0 saturated carbocycles. The van der Waals surface area contributed by atoms with E-state index >= 15 is 0 Å². The lowest BCUT2D eigenvalue weighted by Crippen LogP contribution is -2.34. The zero-order valence-electron chi connectivity index (χ0n) is 14.2. The number of hydrogen-bond donors (Lipinski definition) is 1. The summed E-state index contributed by atoms with van der Waals surface area (Å²) in [4.78, 5) is 13.0. The molecule has 1 aromatic rings. The quantitative estimate of drug-likeness (QED) is 0.459. The Kier molecular flexibility index (Phi) is 6.17. The highest BCUT2D eigenvalue weighted by Gasteiger charge is 2.19. The third-order valence-corrected chi connectivity index (χ3v) is 5.55. The largest absolute Gasteiger partial charge is 0.379 e. The van der Waals surface area contributed by atoms with Crippen LogP contribution >= 0.6 is 0 Å². The highest BCUT2D eigenvalue weighted by atomic mass is 32.2. The predicted molar refractivity (Wildman–Crippen MR) is 94.2 cm³/mol. The van der Waals surface area contributed by atoms with Gasteiger partial charge < -0.3 is 10.2 Å². The molecule has 134 valence electrons. The van der Waals surface area contributed by atoms with Crippen molar-refractivity contribution in [2.75, 3.05) is 37.8 Å². The number of sulfone groups is 1. The summed E-state index contributed by atoms with van der Waals surface area (Å²) in [6, 6.07) is 3.98. The Hall–Kier alpha value is -1.67. The molecule has 0 amide bonds. The third kappa shape index (κ3) is 5.17. The van der Waals surface area contributed by atoms with Crippen LogP contribution in [0.1, 0.15) is 26.2 Å². The normalized spacial score (nSPS) is 16.9. The van der Waals surface area contributed by atoms with Gasteiger partial charge in [-0.05, 0) is 56.9 Å². The van der Waals surface area contributed by atoms with Gasteiger partial charge in [-0.1, -0.05) is 6.92 Å². The van der Waals surface area contributed by atoms with E-state index in [1.54, 1.807) is 0 Å². The van der Waals surface area contributed by atoms with Crippen LogP contribution in [0.4, 0.5) is 11.4 Å². The van der Waals surface area contributed by atoms with E-state index in [1.807, 2.05) is 0 Å². The molecule has 0 radical (unpaired) electrons. The molecule has 0 unspecified atom stereocenters. The van der Waals surface area contributed by atoms with Crippen LogP contribution in [-0.4, -0.2) is 50.7 Å². The fraction of sp³-hybridized carbons (Fsp3) is 0.625. The van der Waals surface area contributed by atoms with Crippen LogP contribution in [0.15, 0.2) is 23.1 Å². The molecule has 1 saturated heterocycles. The molecule has 1 heterocycles. The summed E-state index contributed by atoms with van der Waals surface area (Å²) in [5.41, 5.74) is 0.157. The van der Waals surface area contributed by atoms with E-state index in [4.69, 9.17) is 0 Å². The van der Waals surface area contributed by atoms with Gasteiger partial charge in [0.1, 0.15) is 5.69 Å². The van der Waals surface area contributed by atoms with Crippen LogP contribution in [0.5, 0.6) is 0 Å². The third-order valence-electron chi connectivity index (χ3n) is 4.44. The van der Waals surface area contributed by atoms with Gasteiger partial charge in [-0.15, -0.1) is 0 Å². The van der Waals surface area contributed by atoms with Crippen molar-refractivity contribution >= 4 is 21.2 Å². The lowest BCUT2D eigenvalue weighted by Gasteiger charge is -2.30. The molecule has 1 N–H and O–H groups in total.